The molecule has 41 heavy (non-hydrogen) atoms. The Balaban J connectivity index is 1.30. The molecule has 0 spiro atoms. The van der Waals surface area contributed by atoms with Gasteiger partial charge in [-0.05, 0) is 56.4 Å². The van der Waals surface area contributed by atoms with Crippen LogP contribution in [0.25, 0.3) is 43.5 Å². The second-order valence-electron chi connectivity index (χ2n) is 11.1. The van der Waals surface area contributed by atoms with Crippen LogP contribution in [0, 0.1) is 0 Å². The van der Waals surface area contributed by atoms with Crippen molar-refractivity contribution in [3.05, 3.63) is 76.3 Å². The van der Waals surface area contributed by atoms with Gasteiger partial charge in [-0.2, -0.15) is 4.98 Å². The van der Waals surface area contributed by atoms with Crippen LogP contribution in [0.3, 0.4) is 0 Å². The molecule has 0 saturated carbocycles. The van der Waals surface area contributed by atoms with Crippen molar-refractivity contribution in [2.45, 2.75) is 56.1 Å². The maximum absolute atomic E-state index is 13.0. The van der Waals surface area contributed by atoms with Crippen LogP contribution in [-0.4, -0.2) is 64.4 Å². The van der Waals surface area contributed by atoms with Gasteiger partial charge in [0.2, 0.25) is 5.95 Å². The Hall–Kier alpha value is -4.13. The number of aromatic nitrogens is 4. The van der Waals surface area contributed by atoms with Gasteiger partial charge in [0.15, 0.2) is 11.2 Å². The molecule has 11 heteroatoms. The third-order valence-corrected chi connectivity index (χ3v) is 8.76. The quantitative estimate of drug-likeness (QED) is 0.181. The number of aliphatic hydroxyl groups excluding tert-OH is 4. The summed E-state index contributed by atoms with van der Waals surface area (Å²) in [6, 6.07) is 15.0. The minimum atomic E-state index is -1.48. The highest BCUT2D eigenvalue weighted by molar-refractivity contribution is 6.24. The number of hydrogen-bond acceptors (Lipinski definition) is 9. The number of imidazole rings is 1. The van der Waals surface area contributed by atoms with Crippen molar-refractivity contribution in [3.63, 3.8) is 0 Å². The van der Waals surface area contributed by atoms with Crippen molar-refractivity contribution in [2.24, 2.45) is 0 Å². The highest BCUT2D eigenvalue weighted by Gasteiger charge is 2.42. The van der Waals surface area contributed by atoms with Crippen molar-refractivity contribution in [1.82, 2.24) is 19.5 Å². The summed E-state index contributed by atoms with van der Waals surface area (Å²) in [6.07, 6.45) is -4.02. The molecule has 6 N–H and O–H groups in total. The number of nitrogens with zero attached hydrogens (tertiary/aromatic N) is 3. The lowest BCUT2D eigenvalue weighted by Gasteiger charge is -2.38. The van der Waals surface area contributed by atoms with Crippen molar-refractivity contribution in [3.8, 4) is 0 Å². The predicted octanol–water partition coefficient (Wildman–Crippen LogP) is 2.61. The van der Waals surface area contributed by atoms with Gasteiger partial charge in [-0.15, -0.1) is 0 Å². The van der Waals surface area contributed by atoms with E-state index < -0.39 is 42.2 Å². The fourth-order valence-corrected chi connectivity index (χ4v) is 6.67. The summed E-state index contributed by atoms with van der Waals surface area (Å²) in [5, 5.41) is 52.5. The molecule has 6 aromatic rings. The molecule has 7 atom stereocenters. The summed E-state index contributed by atoms with van der Waals surface area (Å²) in [6.45, 7) is 1.77. The fraction of sp³-hybridized carbons (Fsp3) is 0.300. The monoisotopic (exact) mass is 553 g/mol. The van der Waals surface area contributed by atoms with Crippen LogP contribution in [0.5, 0.6) is 0 Å². The van der Waals surface area contributed by atoms with Crippen LogP contribution in [0.2, 0.25) is 0 Å². The summed E-state index contributed by atoms with van der Waals surface area (Å²) in [7, 11) is 0. The van der Waals surface area contributed by atoms with Gasteiger partial charge in [0.05, 0.1) is 24.6 Å². The summed E-state index contributed by atoms with van der Waals surface area (Å²) >= 11 is 0. The molecule has 4 aromatic carbocycles. The van der Waals surface area contributed by atoms with Crippen LogP contribution in [0.1, 0.15) is 42.8 Å². The number of nitrogens with one attached hydrogen (secondary N) is 2. The fourth-order valence-electron chi connectivity index (χ4n) is 6.67. The molecule has 1 aliphatic carbocycles. The van der Waals surface area contributed by atoms with Crippen molar-refractivity contribution >= 4 is 49.4 Å². The molecule has 8 rings (SSSR count). The molecule has 0 bridgehead atoms. The summed E-state index contributed by atoms with van der Waals surface area (Å²) in [5.41, 5.74) is 0.972. The number of rotatable bonds is 3. The molecule has 1 aliphatic heterocycles. The zero-order chi connectivity index (χ0) is 28.2. The molecule has 11 nitrogen and oxygen atoms in total. The molecule has 2 aromatic heterocycles. The standard InChI is InChI=1S/C30H27N5O6/c1-12-18(36)10-19(41-12)35-11-31-24-28(35)33-30(34-29(24)40)32-23-22-16-8-7-14-4-2-3-13-5-6-15(21(16)20(13)14)9-17(22)25(37)27(39)26(23)38/h2-9,11-12,18-19,23,25-27,36-39H,10H2,1H3,(H2,32,33,34,40)/t12-,18+,19-,23+,25-,26+,27+/m1/s1. The molecule has 1 fully saturated rings. The number of hydrogen-bond donors (Lipinski definition) is 6. The van der Waals surface area contributed by atoms with Gasteiger partial charge < -0.3 is 30.5 Å². The van der Waals surface area contributed by atoms with E-state index >= 15 is 0 Å². The molecule has 3 heterocycles. The second-order valence-corrected chi connectivity index (χ2v) is 11.1. The average Bonchev–Trinajstić information content (AvgIpc) is 3.55. The molecular weight excluding hydrogens is 526 g/mol. The summed E-state index contributed by atoms with van der Waals surface area (Å²) in [4.78, 5) is 24.5. The van der Waals surface area contributed by atoms with Gasteiger partial charge in [-0.1, -0.05) is 42.5 Å². The number of anilines is 1. The number of fused-ring (bicyclic) bond motifs is 3. The minimum Gasteiger partial charge on any atom is -0.390 e. The van der Waals surface area contributed by atoms with Crippen LogP contribution >= 0.6 is 0 Å². The largest absolute Gasteiger partial charge is 0.390 e. The zero-order valence-electron chi connectivity index (χ0n) is 21.9. The number of H-pyrrole nitrogens is 1. The third-order valence-electron chi connectivity index (χ3n) is 8.76. The van der Waals surface area contributed by atoms with Gasteiger partial charge in [0, 0.05) is 6.42 Å². The van der Waals surface area contributed by atoms with E-state index in [1.165, 1.54) is 6.33 Å². The Morgan fingerprint density at radius 3 is 2.51 bits per heavy atom. The summed E-state index contributed by atoms with van der Waals surface area (Å²) < 4.78 is 7.46. The van der Waals surface area contributed by atoms with Crippen molar-refractivity contribution < 1.29 is 25.2 Å². The Kier molecular flexibility index (Phi) is 5.22. The first-order chi connectivity index (χ1) is 19.8. The lowest BCUT2D eigenvalue weighted by Crippen LogP contribution is -2.44. The SMILES string of the molecule is C[C@H]1O[C@@H](n2cnc3c(=O)[nH]c(N[C@H]4c5c(cc6ccc7cccc8ccc5c6c78)[C@@H](O)[C@H](O)[C@H]4O)nc32)C[C@@H]1O. The van der Waals surface area contributed by atoms with Crippen LogP contribution < -0.4 is 10.9 Å². The van der Waals surface area contributed by atoms with E-state index in [1.54, 1.807) is 11.5 Å². The predicted molar refractivity (Wildman–Crippen MR) is 152 cm³/mol. The Bertz CT molecular complexity index is 2010. The first kappa shape index (κ1) is 24.6. The Morgan fingerprint density at radius 2 is 1.76 bits per heavy atom. The average molecular weight is 554 g/mol. The second kappa shape index (κ2) is 8.68. The maximum atomic E-state index is 13.0. The first-order valence-electron chi connectivity index (χ1n) is 13.6. The van der Waals surface area contributed by atoms with Crippen molar-refractivity contribution in [2.75, 3.05) is 5.32 Å². The first-order valence-corrected chi connectivity index (χ1v) is 13.6. The molecule has 2 aliphatic rings. The number of ether oxygens (including phenoxy) is 1. The van der Waals surface area contributed by atoms with Gasteiger partial charge in [-0.3, -0.25) is 14.3 Å². The van der Waals surface area contributed by atoms with E-state index in [0.717, 1.165) is 32.3 Å². The molecule has 0 radical (unpaired) electrons. The molecule has 0 amide bonds. The molecule has 208 valence electrons. The molecule has 1 saturated heterocycles. The topological polar surface area (TPSA) is 166 Å². The maximum Gasteiger partial charge on any atom is 0.280 e. The normalized spacial score (nSPS) is 28.3. The van der Waals surface area contributed by atoms with E-state index in [1.807, 2.05) is 48.5 Å². The van der Waals surface area contributed by atoms with Gasteiger partial charge in [0.1, 0.15) is 24.5 Å². The minimum absolute atomic E-state index is 0.0557. The summed E-state index contributed by atoms with van der Waals surface area (Å²) in [5.74, 6) is 0.0557. The smallest absolute Gasteiger partial charge is 0.280 e. The highest BCUT2D eigenvalue weighted by atomic mass is 16.5. The van der Waals surface area contributed by atoms with Gasteiger partial charge in [-0.25, -0.2) is 4.98 Å². The van der Waals surface area contributed by atoms with Crippen LogP contribution in [0.4, 0.5) is 5.95 Å². The number of aromatic amines is 1. The van der Waals surface area contributed by atoms with Crippen molar-refractivity contribution in [1.29, 1.82) is 0 Å². The Labute approximate surface area is 232 Å². The third kappa shape index (κ3) is 3.47. The number of benzene rings is 4. The van der Waals surface area contributed by atoms with E-state index in [4.69, 9.17) is 4.74 Å². The number of aliphatic hydroxyl groups is 4. The van der Waals surface area contributed by atoms with E-state index in [9.17, 15) is 25.2 Å². The van der Waals surface area contributed by atoms with E-state index in [2.05, 4.69) is 20.3 Å². The Morgan fingerprint density at radius 1 is 1.00 bits per heavy atom. The van der Waals surface area contributed by atoms with E-state index in [-0.39, 0.29) is 23.2 Å². The van der Waals surface area contributed by atoms with Crippen LogP contribution in [0.15, 0.2) is 59.7 Å². The van der Waals surface area contributed by atoms with Gasteiger partial charge in [0.25, 0.3) is 5.56 Å². The lowest BCUT2D eigenvalue weighted by molar-refractivity contribution is -0.0767. The molecular formula is C30H27N5O6. The van der Waals surface area contributed by atoms with Crippen LogP contribution in [-0.2, 0) is 4.74 Å². The lowest BCUT2D eigenvalue weighted by atomic mass is 9.77. The molecule has 0 unspecified atom stereocenters. The zero-order valence-corrected chi connectivity index (χ0v) is 21.9. The highest BCUT2D eigenvalue weighted by Crippen LogP contribution is 2.46. The van der Waals surface area contributed by atoms with Gasteiger partial charge >= 0.3 is 0 Å². The van der Waals surface area contributed by atoms with E-state index in [0.29, 0.717) is 17.5 Å².